The first-order valence-corrected chi connectivity index (χ1v) is 5.24. The molecule has 2 unspecified atom stereocenters. The zero-order chi connectivity index (χ0) is 11.1. The largest absolute Gasteiger partial charge is 0.375 e. The fourth-order valence-corrected chi connectivity index (χ4v) is 1.21. The Morgan fingerprint density at radius 3 is 2.67 bits per heavy atom. The molecule has 1 aromatic rings. The number of hydrogen-bond acceptors (Lipinski definition) is 2. The summed E-state index contributed by atoms with van der Waals surface area (Å²) in [6.07, 6.45) is 1.86. The molecule has 82 valence electrons. The van der Waals surface area contributed by atoms with E-state index >= 15 is 0 Å². The van der Waals surface area contributed by atoms with Gasteiger partial charge in [-0.1, -0.05) is 43.3 Å². The van der Waals surface area contributed by atoms with E-state index in [1.165, 1.54) is 5.56 Å². The second-order valence-electron chi connectivity index (χ2n) is 3.76. The summed E-state index contributed by atoms with van der Waals surface area (Å²) in [5, 5.41) is 0. The highest BCUT2D eigenvalue weighted by Gasteiger charge is 2.08. The number of rotatable bonds is 6. The van der Waals surface area contributed by atoms with E-state index in [-0.39, 0.29) is 6.04 Å². The SMILES string of the molecule is C=CC(C)C(N)COCc1ccccc1. The maximum absolute atomic E-state index is 5.90. The van der Waals surface area contributed by atoms with Crippen molar-refractivity contribution in [1.82, 2.24) is 0 Å². The maximum Gasteiger partial charge on any atom is 0.0717 e. The topological polar surface area (TPSA) is 35.2 Å². The number of hydrogen-bond donors (Lipinski definition) is 1. The molecule has 0 heterocycles. The summed E-state index contributed by atoms with van der Waals surface area (Å²) in [6, 6.07) is 10.1. The molecule has 2 atom stereocenters. The fourth-order valence-electron chi connectivity index (χ4n) is 1.21. The van der Waals surface area contributed by atoms with E-state index in [1.807, 2.05) is 43.3 Å². The highest BCUT2D eigenvalue weighted by molar-refractivity contribution is 5.13. The van der Waals surface area contributed by atoms with Gasteiger partial charge in [0.1, 0.15) is 0 Å². The molecule has 0 aliphatic heterocycles. The first-order chi connectivity index (χ1) is 7.24. The Bertz CT molecular complexity index is 284. The standard InChI is InChI=1S/C13H19NO/c1-3-11(2)13(14)10-15-9-12-7-5-4-6-8-12/h3-8,11,13H,1,9-10,14H2,2H3. The van der Waals surface area contributed by atoms with Gasteiger partial charge in [0.15, 0.2) is 0 Å². The minimum atomic E-state index is 0.0335. The van der Waals surface area contributed by atoms with Gasteiger partial charge in [0.2, 0.25) is 0 Å². The van der Waals surface area contributed by atoms with Gasteiger partial charge in [-0.05, 0) is 11.5 Å². The summed E-state index contributed by atoms with van der Waals surface area (Å²) in [7, 11) is 0. The molecule has 0 aromatic heterocycles. The Morgan fingerprint density at radius 1 is 1.40 bits per heavy atom. The van der Waals surface area contributed by atoms with Crippen molar-refractivity contribution < 1.29 is 4.74 Å². The summed E-state index contributed by atoms with van der Waals surface area (Å²) >= 11 is 0. The van der Waals surface area contributed by atoms with Gasteiger partial charge in [-0.15, -0.1) is 6.58 Å². The molecule has 2 nitrogen and oxygen atoms in total. The zero-order valence-electron chi connectivity index (χ0n) is 9.23. The molecular formula is C13H19NO. The molecule has 0 aliphatic carbocycles. The van der Waals surface area contributed by atoms with Crippen molar-refractivity contribution in [3.05, 3.63) is 48.6 Å². The molecule has 0 saturated heterocycles. The first kappa shape index (κ1) is 12.0. The minimum absolute atomic E-state index is 0.0335. The van der Waals surface area contributed by atoms with Crippen LogP contribution in [0.3, 0.4) is 0 Å². The summed E-state index contributed by atoms with van der Waals surface area (Å²) < 4.78 is 5.53. The van der Waals surface area contributed by atoms with Crippen molar-refractivity contribution in [2.75, 3.05) is 6.61 Å². The van der Waals surface area contributed by atoms with Gasteiger partial charge in [0.05, 0.1) is 13.2 Å². The summed E-state index contributed by atoms with van der Waals surface area (Å²) in [4.78, 5) is 0. The van der Waals surface area contributed by atoms with Gasteiger partial charge in [-0.25, -0.2) is 0 Å². The Hall–Kier alpha value is -1.12. The van der Waals surface area contributed by atoms with Crippen LogP contribution in [-0.4, -0.2) is 12.6 Å². The van der Waals surface area contributed by atoms with Crippen LogP contribution in [0.15, 0.2) is 43.0 Å². The molecule has 2 heteroatoms. The zero-order valence-corrected chi connectivity index (χ0v) is 9.23. The van der Waals surface area contributed by atoms with Crippen LogP contribution in [0, 0.1) is 5.92 Å². The highest BCUT2D eigenvalue weighted by Crippen LogP contribution is 2.04. The second kappa shape index (κ2) is 6.38. The molecular weight excluding hydrogens is 186 g/mol. The lowest BCUT2D eigenvalue weighted by Gasteiger charge is -2.16. The average Bonchev–Trinajstić information content (AvgIpc) is 2.29. The summed E-state index contributed by atoms with van der Waals surface area (Å²) in [6.45, 7) is 6.95. The third-order valence-electron chi connectivity index (χ3n) is 2.47. The van der Waals surface area contributed by atoms with Crippen molar-refractivity contribution in [2.45, 2.75) is 19.6 Å². The van der Waals surface area contributed by atoms with Crippen LogP contribution in [0.2, 0.25) is 0 Å². The van der Waals surface area contributed by atoms with Gasteiger partial charge in [0.25, 0.3) is 0 Å². The van der Waals surface area contributed by atoms with E-state index in [0.29, 0.717) is 19.1 Å². The van der Waals surface area contributed by atoms with Gasteiger partial charge >= 0.3 is 0 Å². The predicted octanol–water partition coefficient (Wildman–Crippen LogP) is 2.35. The van der Waals surface area contributed by atoms with Crippen LogP contribution in [0.25, 0.3) is 0 Å². The van der Waals surface area contributed by atoms with Crippen molar-refractivity contribution in [1.29, 1.82) is 0 Å². The Morgan fingerprint density at radius 2 is 2.07 bits per heavy atom. The van der Waals surface area contributed by atoms with Crippen LogP contribution in [0.4, 0.5) is 0 Å². The van der Waals surface area contributed by atoms with Crippen LogP contribution < -0.4 is 5.73 Å². The van der Waals surface area contributed by atoms with E-state index in [4.69, 9.17) is 10.5 Å². The molecule has 1 rings (SSSR count). The van der Waals surface area contributed by atoms with Crippen molar-refractivity contribution in [3.8, 4) is 0 Å². The fraction of sp³-hybridized carbons (Fsp3) is 0.385. The third kappa shape index (κ3) is 4.28. The van der Waals surface area contributed by atoms with Crippen molar-refractivity contribution >= 4 is 0 Å². The number of nitrogens with two attached hydrogens (primary N) is 1. The molecule has 0 radical (unpaired) electrons. The third-order valence-corrected chi connectivity index (χ3v) is 2.47. The van der Waals surface area contributed by atoms with E-state index in [2.05, 4.69) is 6.58 Å². The van der Waals surface area contributed by atoms with Crippen LogP contribution in [0.5, 0.6) is 0 Å². The maximum atomic E-state index is 5.90. The number of benzene rings is 1. The van der Waals surface area contributed by atoms with E-state index in [9.17, 15) is 0 Å². The predicted molar refractivity (Wildman–Crippen MR) is 63.4 cm³/mol. The quantitative estimate of drug-likeness (QED) is 0.723. The van der Waals surface area contributed by atoms with Gasteiger partial charge < -0.3 is 10.5 Å². The molecule has 0 bridgehead atoms. The van der Waals surface area contributed by atoms with Crippen LogP contribution in [-0.2, 0) is 11.3 Å². The molecule has 1 aromatic carbocycles. The second-order valence-corrected chi connectivity index (χ2v) is 3.76. The molecule has 0 fully saturated rings. The summed E-state index contributed by atoms with van der Waals surface area (Å²) in [5.74, 6) is 0.292. The molecule has 2 N–H and O–H groups in total. The lowest BCUT2D eigenvalue weighted by Crippen LogP contribution is -2.32. The van der Waals surface area contributed by atoms with Gasteiger partial charge in [-0.2, -0.15) is 0 Å². The molecule has 0 spiro atoms. The highest BCUT2D eigenvalue weighted by atomic mass is 16.5. The summed E-state index contributed by atoms with van der Waals surface area (Å²) in [5.41, 5.74) is 7.07. The lowest BCUT2D eigenvalue weighted by molar-refractivity contribution is 0.100. The Labute approximate surface area is 91.7 Å². The van der Waals surface area contributed by atoms with E-state index in [0.717, 1.165) is 0 Å². The van der Waals surface area contributed by atoms with Crippen LogP contribution >= 0.6 is 0 Å². The van der Waals surface area contributed by atoms with Crippen LogP contribution in [0.1, 0.15) is 12.5 Å². The molecule has 0 saturated carbocycles. The Balaban J connectivity index is 2.25. The van der Waals surface area contributed by atoms with Gasteiger partial charge in [-0.3, -0.25) is 0 Å². The lowest BCUT2D eigenvalue weighted by atomic mass is 10.0. The monoisotopic (exact) mass is 205 g/mol. The first-order valence-electron chi connectivity index (χ1n) is 5.24. The van der Waals surface area contributed by atoms with E-state index in [1.54, 1.807) is 0 Å². The van der Waals surface area contributed by atoms with Crippen molar-refractivity contribution in [2.24, 2.45) is 11.7 Å². The smallest absolute Gasteiger partial charge is 0.0717 e. The average molecular weight is 205 g/mol. The minimum Gasteiger partial charge on any atom is -0.375 e. The normalized spacial score (nSPS) is 14.5. The number of ether oxygens (including phenoxy) is 1. The van der Waals surface area contributed by atoms with E-state index < -0.39 is 0 Å². The molecule has 0 aliphatic rings. The molecule has 0 amide bonds. The van der Waals surface area contributed by atoms with Gasteiger partial charge in [0, 0.05) is 6.04 Å². The van der Waals surface area contributed by atoms with Crippen molar-refractivity contribution in [3.63, 3.8) is 0 Å². The Kier molecular flexibility index (Phi) is 5.08. The molecule has 15 heavy (non-hydrogen) atoms.